The van der Waals surface area contributed by atoms with E-state index >= 15 is 0 Å². The molecule has 0 aromatic heterocycles. The summed E-state index contributed by atoms with van der Waals surface area (Å²) in [5, 5.41) is 3.33. The third-order valence-corrected chi connectivity index (χ3v) is 2.11. The fourth-order valence-corrected chi connectivity index (χ4v) is 1.21. The molecule has 15 heavy (non-hydrogen) atoms. The fraction of sp³-hybridized carbons (Fsp3) is 0.909. The second kappa shape index (κ2) is 9.93. The maximum absolute atomic E-state index is 11.0. The van der Waals surface area contributed by atoms with Crippen LogP contribution in [-0.4, -0.2) is 38.9 Å². The highest BCUT2D eigenvalue weighted by atomic mass is 16.5. The van der Waals surface area contributed by atoms with Gasteiger partial charge < -0.3 is 14.8 Å². The first-order chi connectivity index (χ1) is 7.20. The van der Waals surface area contributed by atoms with Crippen molar-refractivity contribution in [2.24, 2.45) is 0 Å². The second-order valence-electron chi connectivity index (χ2n) is 3.55. The molecular weight excluding hydrogens is 194 g/mol. The Balaban J connectivity index is 3.26. The molecule has 1 atom stereocenters. The number of hydrogen-bond acceptors (Lipinski definition) is 4. The lowest BCUT2D eigenvalue weighted by Crippen LogP contribution is -2.28. The van der Waals surface area contributed by atoms with Crippen LogP contribution in [0.3, 0.4) is 0 Å². The van der Waals surface area contributed by atoms with Crippen LogP contribution in [0.2, 0.25) is 0 Å². The summed E-state index contributed by atoms with van der Waals surface area (Å²) in [6.45, 7) is 6.03. The van der Waals surface area contributed by atoms with Crippen LogP contribution in [-0.2, 0) is 14.3 Å². The lowest BCUT2D eigenvalue weighted by Gasteiger charge is -2.12. The van der Waals surface area contributed by atoms with Crippen molar-refractivity contribution in [3.63, 3.8) is 0 Å². The van der Waals surface area contributed by atoms with E-state index in [1.54, 1.807) is 7.11 Å². The van der Waals surface area contributed by atoms with Crippen LogP contribution in [0.5, 0.6) is 0 Å². The molecule has 0 saturated heterocycles. The highest BCUT2D eigenvalue weighted by molar-refractivity contribution is 5.69. The average Bonchev–Trinajstić information content (AvgIpc) is 2.22. The quantitative estimate of drug-likeness (QED) is 0.468. The molecule has 0 aromatic rings. The Morgan fingerprint density at radius 3 is 2.80 bits per heavy atom. The van der Waals surface area contributed by atoms with Crippen molar-refractivity contribution in [1.82, 2.24) is 5.32 Å². The van der Waals surface area contributed by atoms with E-state index in [9.17, 15) is 4.79 Å². The topological polar surface area (TPSA) is 47.6 Å². The predicted octanol–water partition coefficient (Wildman–Crippen LogP) is 1.34. The molecule has 90 valence electrons. The molecular formula is C11H23NO3. The van der Waals surface area contributed by atoms with Gasteiger partial charge in [0.15, 0.2) is 0 Å². The highest BCUT2D eigenvalue weighted by Gasteiger charge is 2.03. The molecule has 0 heterocycles. The van der Waals surface area contributed by atoms with Crippen LogP contribution in [0, 0.1) is 0 Å². The lowest BCUT2D eigenvalue weighted by atomic mass is 10.2. The molecule has 0 bridgehead atoms. The predicted molar refractivity (Wildman–Crippen MR) is 59.8 cm³/mol. The zero-order valence-electron chi connectivity index (χ0n) is 10.0. The van der Waals surface area contributed by atoms with Gasteiger partial charge in [0.1, 0.15) is 0 Å². The number of methoxy groups -OCH3 is 1. The first kappa shape index (κ1) is 14.4. The third-order valence-electron chi connectivity index (χ3n) is 2.11. The summed E-state index contributed by atoms with van der Waals surface area (Å²) < 4.78 is 9.80. The van der Waals surface area contributed by atoms with Gasteiger partial charge in [-0.25, -0.2) is 0 Å². The van der Waals surface area contributed by atoms with Crippen molar-refractivity contribution in [3.8, 4) is 0 Å². The first-order valence-corrected chi connectivity index (χ1v) is 5.58. The van der Waals surface area contributed by atoms with Gasteiger partial charge in [0.25, 0.3) is 0 Å². The van der Waals surface area contributed by atoms with E-state index in [2.05, 4.69) is 12.2 Å². The van der Waals surface area contributed by atoms with Gasteiger partial charge in [-0.05, 0) is 33.2 Å². The summed E-state index contributed by atoms with van der Waals surface area (Å²) in [6, 6.07) is 0.437. The molecule has 4 heteroatoms. The smallest absolute Gasteiger partial charge is 0.305 e. The monoisotopic (exact) mass is 217 g/mol. The molecule has 0 aromatic carbocycles. The van der Waals surface area contributed by atoms with Gasteiger partial charge >= 0.3 is 5.97 Å². The standard InChI is InChI=1S/C11H23NO3/c1-4-15-11(13)6-5-8-12-10(2)7-9-14-3/h10,12H,4-9H2,1-3H3. The number of carbonyl (C=O) groups excluding carboxylic acids is 1. The van der Waals surface area contributed by atoms with Crippen molar-refractivity contribution in [3.05, 3.63) is 0 Å². The Bertz CT molecular complexity index is 162. The Morgan fingerprint density at radius 2 is 2.20 bits per heavy atom. The fourth-order valence-electron chi connectivity index (χ4n) is 1.21. The molecule has 1 N–H and O–H groups in total. The number of esters is 1. The number of rotatable bonds is 9. The van der Waals surface area contributed by atoms with Gasteiger partial charge in [0.2, 0.25) is 0 Å². The van der Waals surface area contributed by atoms with Crippen molar-refractivity contribution >= 4 is 5.97 Å². The Kier molecular flexibility index (Phi) is 9.52. The molecule has 0 amide bonds. The molecule has 0 aliphatic carbocycles. The Hall–Kier alpha value is -0.610. The van der Waals surface area contributed by atoms with Gasteiger partial charge in [0.05, 0.1) is 6.61 Å². The minimum atomic E-state index is -0.108. The summed E-state index contributed by atoms with van der Waals surface area (Å²) in [7, 11) is 1.70. The van der Waals surface area contributed by atoms with E-state index in [-0.39, 0.29) is 5.97 Å². The molecule has 4 nitrogen and oxygen atoms in total. The largest absolute Gasteiger partial charge is 0.466 e. The van der Waals surface area contributed by atoms with Gasteiger partial charge in [-0.3, -0.25) is 4.79 Å². The molecule has 0 radical (unpaired) electrons. The highest BCUT2D eigenvalue weighted by Crippen LogP contribution is 1.94. The number of carbonyl (C=O) groups is 1. The summed E-state index contributed by atoms with van der Waals surface area (Å²) >= 11 is 0. The van der Waals surface area contributed by atoms with Crippen LogP contribution >= 0.6 is 0 Å². The minimum absolute atomic E-state index is 0.108. The van der Waals surface area contributed by atoms with E-state index in [4.69, 9.17) is 9.47 Å². The van der Waals surface area contributed by atoms with Gasteiger partial charge in [0, 0.05) is 26.2 Å². The van der Waals surface area contributed by atoms with Crippen LogP contribution in [0.15, 0.2) is 0 Å². The maximum atomic E-state index is 11.0. The van der Waals surface area contributed by atoms with Gasteiger partial charge in [-0.2, -0.15) is 0 Å². The second-order valence-corrected chi connectivity index (χ2v) is 3.55. The van der Waals surface area contributed by atoms with Crippen LogP contribution < -0.4 is 5.32 Å². The number of ether oxygens (including phenoxy) is 2. The van der Waals surface area contributed by atoms with Crippen molar-refractivity contribution in [2.75, 3.05) is 26.9 Å². The van der Waals surface area contributed by atoms with Gasteiger partial charge in [-0.1, -0.05) is 0 Å². The first-order valence-electron chi connectivity index (χ1n) is 5.58. The average molecular weight is 217 g/mol. The number of nitrogens with one attached hydrogen (secondary N) is 1. The third kappa shape index (κ3) is 9.69. The molecule has 1 unspecified atom stereocenters. The lowest BCUT2D eigenvalue weighted by molar-refractivity contribution is -0.143. The van der Waals surface area contributed by atoms with E-state index < -0.39 is 0 Å². The molecule has 0 fully saturated rings. The summed E-state index contributed by atoms with van der Waals surface area (Å²) in [5.41, 5.74) is 0. The van der Waals surface area contributed by atoms with E-state index in [1.165, 1.54) is 0 Å². The van der Waals surface area contributed by atoms with E-state index in [0.717, 1.165) is 26.0 Å². The van der Waals surface area contributed by atoms with Crippen LogP contribution in [0.1, 0.15) is 33.1 Å². The van der Waals surface area contributed by atoms with Crippen molar-refractivity contribution in [2.45, 2.75) is 39.2 Å². The zero-order chi connectivity index (χ0) is 11.5. The molecule has 0 saturated carbocycles. The summed E-state index contributed by atoms with van der Waals surface area (Å²) in [6.07, 6.45) is 2.32. The van der Waals surface area contributed by atoms with Crippen LogP contribution in [0.4, 0.5) is 0 Å². The summed E-state index contributed by atoms with van der Waals surface area (Å²) in [4.78, 5) is 11.0. The molecule has 0 aliphatic rings. The minimum Gasteiger partial charge on any atom is -0.466 e. The normalized spacial score (nSPS) is 12.5. The molecule has 0 aliphatic heterocycles. The van der Waals surface area contributed by atoms with Crippen LogP contribution in [0.25, 0.3) is 0 Å². The zero-order valence-corrected chi connectivity index (χ0v) is 10.0. The number of hydrogen-bond donors (Lipinski definition) is 1. The maximum Gasteiger partial charge on any atom is 0.305 e. The SMILES string of the molecule is CCOC(=O)CCCNC(C)CCOC. The van der Waals surface area contributed by atoms with E-state index in [0.29, 0.717) is 19.1 Å². The molecule has 0 spiro atoms. The Labute approximate surface area is 92.3 Å². The molecule has 0 rings (SSSR count). The Morgan fingerprint density at radius 1 is 1.47 bits per heavy atom. The van der Waals surface area contributed by atoms with Gasteiger partial charge in [-0.15, -0.1) is 0 Å². The van der Waals surface area contributed by atoms with Crippen molar-refractivity contribution < 1.29 is 14.3 Å². The van der Waals surface area contributed by atoms with E-state index in [1.807, 2.05) is 6.92 Å². The van der Waals surface area contributed by atoms with Crippen molar-refractivity contribution in [1.29, 1.82) is 0 Å². The summed E-state index contributed by atoms with van der Waals surface area (Å²) in [5.74, 6) is -0.108.